The van der Waals surface area contributed by atoms with E-state index in [1.165, 1.54) is 16.9 Å². The average molecular weight is 434 g/mol. The zero-order chi connectivity index (χ0) is 22.2. The highest BCUT2D eigenvalue weighted by Crippen LogP contribution is 2.38. The molecular weight excluding hydrogens is 417 g/mol. The summed E-state index contributed by atoms with van der Waals surface area (Å²) in [4.78, 5) is 23.5. The van der Waals surface area contributed by atoms with Crippen LogP contribution in [0.5, 0.6) is 5.75 Å². The van der Waals surface area contributed by atoms with E-state index in [2.05, 4.69) is 15.7 Å². The Labute approximate surface area is 173 Å². The van der Waals surface area contributed by atoms with Crippen molar-refractivity contribution >= 4 is 28.6 Å². The molecule has 1 aliphatic rings. The summed E-state index contributed by atoms with van der Waals surface area (Å²) in [7, 11) is 0. The number of rotatable bonds is 4. The minimum absolute atomic E-state index is 0.0865. The first-order chi connectivity index (χ1) is 14.7. The van der Waals surface area contributed by atoms with Crippen molar-refractivity contribution in [2.75, 3.05) is 11.9 Å². The Balaban J connectivity index is 1.52. The number of hydrogen-bond donors (Lipinski definition) is 3. The number of hydrogen-bond acceptors (Lipinski definition) is 4. The monoisotopic (exact) mass is 434 g/mol. The lowest BCUT2D eigenvalue weighted by Gasteiger charge is -2.27. The number of carboxylic acid groups (broad SMARTS) is 1. The summed E-state index contributed by atoms with van der Waals surface area (Å²) in [6, 6.07) is 7.08. The van der Waals surface area contributed by atoms with Gasteiger partial charge in [0, 0.05) is 17.4 Å². The van der Waals surface area contributed by atoms with Gasteiger partial charge in [0.2, 0.25) is 0 Å². The molecule has 0 saturated carbocycles. The summed E-state index contributed by atoms with van der Waals surface area (Å²) in [5.41, 5.74) is 0.603. The molecule has 0 saturated heterocycles. The van der Waals surface area contributed by atoms with Crippen LogP contribution in [0.2, 0.25) is 0 Å². The van der Waals surface area contributed by atoms with E-state index in [4.69, 9.17) is 9.84 Å². The van der Waals surface area contributed by atoms with Gasteiger partial charge in [0.1, 0.15) is 12.3 Å². The Bertz CT molecular complexity index is 1160. The van der Waals surface area contributed by atoms with E-state index in [-0.39, 0.29) is 18.9 Å². The first kappa shape index (κ1) is 20.5. The van der Waals surface area contributed by atoms with Crippen LogP contribution >= 0.6 is 0 Å². The number of nitrogens with one attached hydrogen (secondary N) is 2. The van der Waals surface area contributed by atoms with Crippen LogP contribution in [-0.4, -0.2) is 33.5 Å². The maximum atomic E-state index is 12.9. The number of urea groups is 1. The maximum absolute atomic E-state index is 12.9. The summed E-state index contributed by atoms with van der Waals surface area (Å²) >= 11 is 0. The second kappa shape index (κ2) is 7.82. The van der Waals surface area contributed by atoms with Crippen LogP contribution in [0.4, 0.5) is 23.7 Å². The molecule has 0 aliphatic carbocycles. The van der Waals surface area contributed by atoms with Crippen LogP contribution in [0.25, 0.3) is 10.9 Å². The number of benzene rings is 2. The summed E-state index contributed by atoms with van der Waals surface area (Å²) < 4.78 is 45.4. The zero-order valence-corrected chi connectivity index (χ0v) is 15.9. The standard InChI is InChI=1S/C20H17F3N4O4/c21-20(22,23)11-4-5-12-15(6-7-31-17(12)8-11)26-19(30)25-14-2-1-3-16-13(14)9-24-27(16)10-18(28)29/h1-5,8-9,15H,6-7,10H2,(H,28,29)(H2,25,26,30). The molecule has 1 atom stereocenters. The van der Waals surface area contributed by atoms with Gasteiger partial charge in [-0.05, 0) is 24.3 Å². The first-order valence-corrected chi connectivity index (χ1v) is 9.30. The van der Waals surface area contributed by atoms with E-state index in [9.17, 15) is 22.8 Å². The number of fused-ring (bicyclic) bond motifs is 2. The van der Waals surface area contributed by atoms with E-state index in [0.29, 0.717) is 28.6 Å². The normalized spacial score (nSPS) is 15.8. The number of aromatic nitrogens is 2. The largest absolute Gasteiger partial charge is 0.493 e. The number of alkyl halides is 3. The molecule has 0 bridgehead atoms. The number of anilines is 1. The Hall–Kier alpha value is -3.76. The molecule has 8 nitrogen and oxygen atoms in total. The lowest BCUT2D eigenvalue weighted by Crippen LogP contribution is -2.35. The van der Waals surface area contributed by atoms with E-state index >= 15 is 0 Å². The molecule has 0 radical (unpaired) electrons. The van der Waals surface area contributed by atoms with Gasteiger partial charge in [-0.1, -0.05) is 12.1 Å². The van der Waals surface area contributed by atoms with Crippen LogP contribution in [0.15, 0.2) is 42.6 Å². The van der Waals surface area contributed by atoms with Crippen molar-refractivity contribution in [1.82, 2.24) is 15.1 Å². The Kier molecular flexibility index (Phi) is 5.17. The molecule has 1 aliphatic heterocycles. The molecule has 2 heterocycles. The molecule has 0 spiro atoms. The van der Waals surface area contributed by atoms with Gasteiger partial charge in [-0.3, -0.25) is 9.48 Å². The molecule has 1 unspecified atom stereocenters. The van der Waals surface area contributed by atoms with Crippen molar-refractivity contribution in [3.8, 4) is 5.75 Å². The number of carboxylic acids is 1. The van der Waals surface area contributed by atoms with Gasteiger partial charge < -0.3 is 20.5 Å². The molecule has 3 N–H and O–H groups in total. The van der Waals surface area contributed by atoms with Crippen molar-refractivity contribution in [2.45, 2.75) is 25.2 Å². The average Bonchev–Trinajstić information content (AvgIpc) is 3.10. The number of ether oxygens (including phenoxy) is 1. The molecule has 11 heteroatoms. The molecule has 1 aromatic heterocycles. The molecule has 31 heavy (non-hydrogen) atoms. The molecule has 3 aromatic rings. The molecule has 162 valence electrons. The van der Waals surface area contributed by atoms with Crippen LogP contribution in [0.3, 0.4) is 0 Å². The van der Waals surface area contributed by atoms with Crippen LogP contribution < -0.4 is 15.4 Å². The number of nitrogens with zero attached hydrogens (tertiary/aromatic N) is 2. The van der Waals surface area contributed by atoms with Crippen molar-refractivity contribution in [3.63, 3.8) is 0 Å². The van der Waals surface area contributed by atoms with Gasteiger partial charge >= 0.3 is 18.2 Å². The van der Waals surface area contributed by atoms with Gasteiger partial charge in [-0.2, -0.15) is 18.3 Å². The van der Waals surface area contributed by atoms with Crippen molar-refractivity contribution < 1.29 is 32.6 Å². The van der Waals surface area contributed by atoms with E-state index in [0.717, 1.165) is 12.1 Å². The van der Waals surface area contributed by atoms with Gasteiger partial charge in [0.05, 0.1) is 35.6 Å². The van der Waals surface area contributed by atoms with E-state index in [1.54, 1.807) is 18.2 Å². The van der Waals surface area contributed by atoms with Crippen molar-refractivity contribution in [1.29, 1.82) is 0 Å². The Morgan fingerprint density at radius 3 is 2.81 bits per heavy atom. The first-order valence-electron chi connectivity index (χ1n) is 9.30. The fourth-order valence-electron chi connectivity index (χ4n) is 3.50. The molecule has 2 amide bonds. The second-order valence-electron chi connectivity index (χ2n) is 6.97. The van der Waals surface area contributed by atoms with E-state index in [1.807, 2.05) is 0 Å². The highest BCUT2D eigenvalue weighted by molar-refractivity contribution is 6.00. The zero-order valence-electron chi connectivity index (χ0n) is 15.9. The second-order valence-corrected chi connectivity index (χ2v) is 6.97. The molecular formula is C20H17F3N4O4. The number of carbonyl (C=O) groups is 2. The Morgan fingerprint density at radius 1 is 1.26 bits per heavy atom. The summed E-state index contributed by atoms with van der Waals surface area (Å²) in [6.07, 6.45) is -2.64. The van der Waals surface area contributed by atoms with Gasteiger partial charge in [-0.25, -0.2) is 4.79 Å². The molecule has 4 rings (SSSR count). The van der Waals surface area contributed by atoms with Crippen LogP contribution in [-0.2, 0) is 17.5 Å². The lowest BCUT2D eigenvalue weighted by atomic mass is 9.98. The third kappa shape index (κ3) is 4.25. The minimum Gasteiger partial charge on any atom is -0.493 e. The summed E-state index contributed by atoms with van der Waals surface area (Å²) in [5, 5.41) is 19.0. The number of aliphatic carboxylic acids is 1. The minimum atomic E-state index is -4.49. The third-order valence-corrected chi connectivity index (χ3v) is 4.91. The Morgan fingerprint density at radius 2 is 2.06 bits per heavy atom. The van der Waals surface area contributed by atoms with Crippen molar-refractivity contribution in [3.05, 3.63) is 53.7 Å². The summed E-state index contributed by atoms with van der Waals surface area (Å²) in [5.74, 6) is -0.962. The fourth-order valence-corrected chi connectivity index (χ4v) is 3.50. The maximum Gasteiger partial charge on any atom is 0.416 e. The number of carbonyl (C=O) groups excluding carboxylic acids is 1. The van der Waals surface area contributed by atoms with Crippen molar-refractivity contribution in [2.24, 2.45) is 0 Å². The smallest absolute Gasteiger partial charge is 0.416 e. The molecule has 0 fully saturated rings. The topological polar surface area (TPSA) is 105 Å². The van der Waals surface area contributed by atoms with Gasteiger partial charge in [0.25, 0.3) is 0 Å². The van der Waals surface area contributed by atoms with E-state index < -0.39 is 29.8 Å². The fraction of sp³-hybridized carbons (Fsp3) is 0.250. The van der Waals surface area contributed by atoms with Gasteiger partial charge in [-0.15, -0.1) is 0 Å². The van der Waals surface area contributed by atoms with Crippen LogP contribution in [0.1, 0.15) is 23.6 Å². The predicted molar refractivity (Wildman–Crippen MR) is 104 cm³/mol. The quantitative estimate of drug-likeness (QED) is 0.580. The lowest BCUT2D eigenvalue weighted by molar-refractivity contribution is -0.138. The predicted octanol–water partition coefficient (Wildman–Crippen LogP) is 3.79. The molecule has 2 aromatic carbocycles. The van der Waals surface area contributed by atoms with Crippen LogP contribution in [0, 0.1) is 0 Å². The number of halogens is 3. The van der Waals surface area contributed by atoms with Gasteiger partial charge in [0.15, 0.2) is 0 Å². The SMILES string of the molecule is O=C(O)Cn1ncc2c(NC(=O)NC3CCOc4cc(C(F)(F)F)ccc43)cccc21. The summed E-state index contributed by atoms with van der Waals surface area (Å²) in [6.45, 7) is -0.158. The number of amides is 2. The highest BCUT2D eigenvalue weighted by atomic mass is 19.4. The highest BCUT2D eigenvalue weighted by Gasteiger charge is 2.33. The third-order valence-electron chi connectivity index (χ3n) is 4.91.